The van der Waals surface area contributed by atoms with Crippen LogP contribution in [-0.4, -0.2) is 52.2 Å². The van der Waals surface area contributed by atoms with Crippen LogP contribution in [0.1, 0.15) is 17.5 Å². The summed E-state index contributed by atoms with van der Waals surface area (Å²) in [6.45, 7) is 2.69. The van der Waals surface area contributed by atoms with Crippen molar-refractivity contribution >= 4 is 51.7 Å². The van der Waals surface area contributed by atoms with Crippen molar-refractivity contribution in [1.82, 2.24) is 14.9 Å². The molecule has 2 aromatic rings. The Balaban J connectivity index is 0.00000341. The van der Waals surface area contributed by atoms with E-state index in [0.29, 0.717) is 12.5 Å². The van der Waals surface area contributed by atoms with E-state index >= 15 is 0 Å². The zero-order valence-corrected chi connectivity index (χ0v) is 21.9. The number of guanidine groups is 1. The second-order valence-electron chi connectivity index (χ2n) is 7.41. The van der Waals surface area contributed by atoms with Gasteiger partial charge in [0.25, 0.3) is 0 Å². The fourth-order valence-electron chi connectivity index (χ4n) is 3.45. The molecule has 170 valence electrons. The summed E-state index contributed by atoms with van der Waals surface area (Å²) in [7, 11) is 0.00541. The lowest BCUT2D eigenvalue weighted by Crippen LogP contribution is -2.39. The lowest BCUT2D eigenvalue weighted by atomic mass is 10.1. The summed E-state index contributed by atoms with van der Waals surface area (Å²) in [5, 5.41) is 3.44. The van der Waals surface area contributed by atoms with E-state index in [1.807, 2.05) is 43.1 Å². The van der Waals surface area contributed by atoms with Crippen molar-refractivity contribution < 1.29 is 8.42 Å². The number of halogens is 1. The number of benzene rings is 2. The summed E-state index contributed by atoms with van der Waals surface area (Å²) >= 11 is 1.92. The van der Waals surface area contributed by atoms with Crippen molar-refractivity contribution in [1.29, 1.82) is 0 Å². The Labute approximate surface area is 207 Å². The number of sulfonamides is 1. The Kier molecular flexibility index (Phi) is 10.6. The van der Waals surface area contributed by atoms with E-state index in [9.17, 15) is 8.42 Å². The summed E-state index contributed by atoms with van der Waals surface area (Å²) in [6.07, 6.45) is 1.18. The molecule has 2 aromatic carbocycles. The van der Waals surface area contributed by atoms with Crippen LogP contribution >= 0.6 is 35.7 Å². The van der Waals surface area contributed by atoms with Gasteiger partial charge in [0.15, 0.2) is 5.96 Å². The Morgan fingerprint density at radius 3 is 2.45 bits per heavy atom. The summed E-state index contributed by atoms with van der Waals surface area (Å²) in [5.41, 5.74) is 1.87. The first-order valence-electron chi connectivity index (χ1n) is 10.1. The van der Waals surface area contributed by atoms with E-state index in [2.05, 4.69) is 50.3 Å². The maximum absolute atomic E-state index is 11.7. The average molecular weight is 575 g/mol. The van der Waals surface area contributed by atoms with Gasteiger partial charge in [-0.3, -0.25) is 4.99 Å². The molecular formula is C22H31IN4O2S2. The van der Waals surface area contributed by atoms with Crippen molar-refractivity contribution in [3.8, 4) is 0 Å². The molecule has 1 saturated heterocycles. The van der Waals surface area contributed by atoms with Crippen LogP contribution in [0, 0.1) is 5.92 Å². The number of aliphatic imine (C=N–C) groups is 1. The average Bonchev–Trinajstić information content (AvgIpc) is 3.23. The van der Waals surface area contributed by atoms with Gasteiger partial charge in [0.05, 0.1) is 5.75 Å². The van der Waals surface area contributed by atoms with Crippen molar-refractivity contribution in [2.24, 2.45) is 10.9 Å². The first-order chi connectivity index (χ1) is 14.5. The van der Waals surface area contributed by atoms with Crippen LogP contribution < -0.4 is 10.0 Å². The number of hydrogen-bond acceptors (Lipinski definition) is 4. The molecule has 0 bridgehead atoms. The molecule has 6 nitrogen and oxygen atoms in total. The number of nitrogens with one attached hydrogen (secondary N) is 2. The lowest BCUT2D eigenvalue weighted by Gasteiger charge is -2.22. The molecule has 1 fully saturated rings. The first-order valence-corrected chi connectivity index (χ1v) is 12.8. The smallest absolute Gasteiger partial charge is 0.215 e. The van der Waals surface area contributed by atoms with Gasteiger partial charge in [-0.05, 0) is 42.6 Å². The minimum atomic E-state index is -3.25. The topological polar surface area (TPSA) is 73.8 Å². The molecule has 0 amide bonds. The molecule has 9 heteroatoms. The van der Waals surface area contributed by atoms with Crippen LogP contribution in [0.3, 0.4) is 0 Å². The van der Waals surface area contributed by atoms with E-state index < -0.39 is 10.0 Å². The monoisotopic (exact) mass is 574 g/mol. The largest absolute Gasteiger partial charge is 0.352 e. The second kappa shape index (κ2) is 12.7. The second-order valence-corrected chi connectivity index (χ2v) is 10.4. The highest BCUT2D eigenvalue weighted by atomic mass is 127. The van der Waals surface area contributed by atoms with Gasteiger partial charge in [-0.15, -0.1) is 35.7 Å². The molecule has 1 aliphatic heterocycles. The zero-order chi connectivity index (χ0) is 21.4. The highest BCUT2D eigenvalue weighted by molar-refractivity contribution is 14.0. The van der Waals surface area contributed by atoms with E-state index in [0.717, 1.165) is 35.9 Å². The summed E-state index contributed by atoms with van der Waals surface area (Å²) in [4.78, 5) is 8.10. The third kappa shape index (κ3) is 8.28. The van der Waals surface area contributed by atoms with Crippen molar-refractivity contribution in [3.05, 3.63) is 65.7 Å². The van der Waals surface area contributed by atoms with Crippen LogP contribution in [0.25, 0.3) is 0 Å². The third-order valence-corrected chi connectivity index (χ3v) is 7.75. The van der Waals surface area contributed by atoms with Gasteiger partial charge in [0.1, 0.15) is 0 Å². The van der Waals surface area contributed by atoms with Crippen LogP contribution in [0.15, 0.2) is 64.5 Å². The maximum Gasteiger partial charge on any atom is 0.215 e. The Morgan fingerprint density at radius 1 is 1.13 bits per heavy atom. The summed E-state index contributed by atoms with van der Waals surface area (Å²) in [6, 6.07) is 18.2. The van der Waals surface area contributed by atoms with Gasteiger partial charge in [0.2, 0.25) is 10.0 Å². The molecule has 1 heterocycles. The number of nitrogens with zero attached hydrogens (tertiary/aromatic N) is 2. The molecule has 0 aliphatic carbocycles. The molecule has 2 N–H and O–H groups in total. The van der Waals surface area contributed by atoms with Crippen molar-refractivity contribution in [3.63, 3.8) is 0 Å². The van der Waals surface area contributed by atoms with E-state index in [-0.39, 0.29) is 29.7 Å². The van der Waals surface area contributed by atoms with Gasteiger partial charge in [-0.1, -0.05) is 42.5 Å². The standard InChI is InChI=1S/C22H30N4O2S2.HI/c1-23-22(25-14-18-8-10-19(11-9-18)17-30(27,28)24-2)26-13-12-20(15-26)16-29-21-6-4-3-5-7-21;/h3-11,20,24H,12-17H2,1-2H3,(H,23,25);1H. The minimum Gasteiger partial charge on any atom is -0.352 e. The molecule has 0 spiro atoms. The Hall–Kier alpha value is -1.30. The maximum atomic E-state index is 11.7. The molecule has 1 unspecified atom stereocenters. The summed E-state index contributed by atoms with van der Waals surface area (Å²) in [5.74, 6) is 2.69. The molecule has 1 aliphatic rings. The van der Waals surface area contributed by atoms with Crippen LogP contribution in [0.2, 0.25) is 0 Å². The van der Waals surface area contributed by atoms with E-state index in [4.69, 9.17) is 0 Å². The van der Waals surface area contributed by atoms with Gasteiger partial charge in [0, 0.05) is 37.3 Å². The molecule has 31 heavy (non-hydrogen) atoms. The lowest BCUT2D eigenvalue weighted by molar-refractivity contribution is 0.474. The third-order valence-electron chi connectivity index (χ3n) is 5.17. The number of thioether (sulfide) groups is 1. The number of likely N-dealkylation sites (tertiary alicyclic amines) is 1. The molecule has 0 saturated carbocycles. The molecular weight excluding hydrogens is 543 g/mol. The molecule has 1 atom stereocenters. The number of rotatable bonds is 8. The van der Waals surface area contributed by atoms with Gasteiger partial charge in [-0.25, -0.2) is 13.1 Å². The predicted octanol–water partition coefficient (Wildman–Crippen LogP) is 3.54. The van der Waals surface area contributed by atoms with E-state index in [1.165, 1.54) is 18.4 Å². The molecule has 0 radical (unpaired) electrons. The van der Waals surface area contributed by atoms with Crippen LogP contribution in [0.5, 0.6) is 0 Å². The van der Waals surface area contributed by atoms with Crippen LogP contribution in [0.4, 0.5) is 0 Å². The zero-order valence-electron chi connectivity index (χ0n) is 18.0. The van der Waals surface area contributed by atoms with Gasteiger partial charge >= 0.3 is 0 Å². The fourth-order valence-corrected chi connectivity index (χ4v) is 5.28. The fraction of sp³-hybridized carbons (Fsp3) is 0.409. The number of hydrogen-bond donors (Lipinski definition) is 2. The van der Waals surface area contributed by atoms with Crippen molar-refractivity contribution in [2.75, 3.05) is 32.9 Å². The summed E-state index contributed by atoms with van der Waals surface area (Å²) < 4.78 is 25.7. The normalized spacial score (nSPS) is 16.8. The van der Waals surface area contributed by atoms with Gasteiger partial charge < -0.3 is 10.2 Å². The first kappa shape index (κ1) is 26.0. The minimum absolute atomic E-state index is 0. The van der Waals surface area contributed by atoms with Crippen molar-refractivity contribution in [2.45, 2.75) is 23.6 Å². The Bertz CT molecular complexity index is 938. The molecule has 0 aromatic heterocycles. The quantitative estimate of drug-likeness (QED) is 0.219. The van der Waals surface area contributed by atoms with Gasteiger partial charge in [-0.2, -0.15) is 0 Å². The predicted molar refractivity (Wildman–Crippen MR) is 141 cm³/mol. The Morgan fingerprint density at radius 2 is 1.81 bits per heavy atom. The molecule has 3 rings (SSSR count). The SMILES string of the molecule is CN=C(NCc1ccc(CS(=O)(=O)NC)cc1)N1CCC(CSc2ccccc2)C1.I. The van der Waals surface area contributed by atoms with E-state index in [1.54, 1.807) is 0 Å². The highest BCUT2D eigenvalue weighted by Crippen LogP contribution is 2.25. The highest BCUT2D eigenvalue weighted by Gasteiger charge is 2.24. The van der Waals surface area contributed by atoms with Crippen LogP contribution in [-0.2, 0) is 22.3 Å².